The van der Waals surface area contributed by atoms with Crippen LogP contribution in [0.2, 0.25) is 5.02 Å². The summed E-state index contributed by atoms with van der Waals surface area (Å²) in [5.74, 6) is -2.25. The zero-order chi connectivity index (χ0) is 31.1. The third kappa shape index (κ3) is 7.47. The number of esters is 2. The van der Waals surface area contributed by atoms with E-state index in [1.54, 1.807) is 61.5 Å². The van der Waals surface area contributed by atoms with Gasteiger partial charge in [0.1, 0.15) is 23.1 Å². The number of ether oxygens (including phenoxy) is 3. The normalized spacial score (nSPS) is 15.2. The maximum Gasteiger partial charge on any atom is 0.408 e. The van der Waals surface area contributed by atoms with Gasteiger partial charge in [0.2, 0.25) is 0 Å². The molecule has 0 saturated carbocycles. The fourth-order valence-electron chi connectivity index (χ4n) is 4.91. The highest BCUT2D eigenvalue weighted by atomic mass is 35.5. The molecule has 1 N–H and O–H groups in total. The molecule has 2 heterocycles. The number of fused-ring (bicyclic) bond motifs is 1. The lowest BCUT2D eigenvalue weighted by atomic mass is 9.87. The number of aromatic nitrogens is 1. The summed E-state index contributed by atoms with van der Waals surface area (Å²) >= 11 is 6.19. The maximum atomic E-state index is 15.9. The number of amides is 1. The second kappa shape index (κ2) is 11.5. The number of alkyl carbamates (subject to hydrolysis) is 1. The van der Waals surface area contributed by atoms with Crippen LogP contribution < -0.4 is 10.9 Å². The van der Waals surface area contributed by atoms with E-state index in [0.29, 0.717) is 5.56 Å². The SMILES string of the molecule is COC(=O)c1c(-c2c(CC(C)(C)NC(=O)OC(C)(C)C)ccc(Cl)c2F)cc(=O)n2c1CCC2C(=O)OC(C)(C)C. The van der Waals surface area contributed by atoms with Crippen LogP contribution in [0.3, 0.4) is 0 Å². The summed E-state index contributed by atoms with van der Waals surface area (Å²) in [6.45, 7) is 13.8. The molecule has 1 unspecified atom stereocenters. The third-order valence-corrected chi connectivity index (χ3v) is 6.60. The van der Waals surface area contributed by atoms with Crippen molar-refractivity contribution >= 4 is 29.6 Å². The Labute approximate surface area is 244 Å². The van der Waals surface area contributed by atoms with Crippen LogP contribution in [0.15, 0.2) is 23.0 Å². The first-order valence-corrected chi connectivity index (χ1v) is 13.7. The van der Waals surface area contributed by atoms with Crippen LogP contribution in [-0.4, -0.2) is 46.4 Å². The van der Waals surface area contributed by atoms with Crippen molar-refractivity contribution in [2.24, 2.45) is 0 Å². The lowest BCUT2D eigenvalue weighted by Gasteiger charge is -2.30. The predicted octanol–water partition coefficient (Wildman–Crippen LogP) is 5.77. The minimum absolute atomic E-state index is 0.0130. The van der Waals surface area contributed by atoms with Crippen molar-refractivity contribution in [1.82, 2.24) is 9.88 Å². The minimum Gasteiger partial charge on any atom is -0.465 e. The van der Waals surface area contributed by atoms with E-state index in [0.717, 1.165) is 6.07 Å². The van der Waals surface area contributed by atoms with Crippen molar-refractivity contribution in [3.8, 4) is 11.1 Å². The maximum absolute atomic E-state index is 15.9. The molecule has 1 amide bonds. The summed E-state index contributed by atoms with van der Waals surface area (Å²) in [5.41, 5.74) is -2.55. The first-order valence-electron chi connectivity index (χ1n) is 13.3. The number of hydrogen-bond donors (Lipinski definition) is 1. The van der Waals surface area contributed by atoms with Crippen LogP contribution in [0.25, 0.3) is 11.1 Å². The van der Waals surface area contributed by atoms with E-state index in [4.69, 9.17) is 25.8 Å². The number of pyridine rings is 1. The molecular weight excluding hydrogens is 555 g/mol. The number of halogens is 2. The molecule has 1 aromatic heterocycles. The Balaban J connectivity index is 2.19. The first kappa shape index (κ1) is 32.1. The van der Waals surface area contributed by atoms with Crippen LogP contribution in [0, 0.1) is 5.82 Å². The Kier molecular flexibility index (Phi) is 8.98. The van der Waals surface area contributed by atoms with E-state index in [2.05, 4.69) is 5.32 Å². The molecule has 0 bridgehead atoms. The molecule has 1 atom stereocenters. The first-order chi connectivity index (χ1) is 18.7. The van der Waals surface area contributed by atoms with Gasteiger partial charge in [-0.15, -0.1) is 0 Å². The van der Waals surface area contributed by atoms with Crippen molar-refractivity contribution in [2.45, 2.75) is 97.4 Å². The van der Waals surface area contributed by atoms with E-state index in [1.807, 2.05) is 0 Å². The molecule has 2 aromatic rings. The van der Waals surface area contributed by atoms with Gasteiger partial charge in [-0.2, -0.15) is 0 Å². The summed E-state index contributed by atoms with van der Waals surface area (Å²) in [6.07, 6.45) is -0.164. The largest absolute Gasteiger partial charge is 0.465 e. The second-order valence-electron chi connectivity index (χ2n) is 12.8. The Morgan fingerprint density at radius 2 is 1.66 bits per heavy atom. The molecule has 0 fully saturated rings. The van der Waals surface area contributed by atoms with Crippen molar-refractivity contribution in [1.29, 1.82) is 0 Å². The fraction of sp³-hybridized carbons (Fsp3) is 0.533. The zero-order valence-electron chi connectivity index (χ0n) is 25.0. The molecule has 3 rings (SSSR count). The average Bonchev–Trinajstić information content (AvgIpc) is 3.24. The van der Waals surface area contributed by atoms with Gasteiger partial charge in [-0.25, -0.2) is 18.8 Å². The summed E-state index contributed by atoms with van der Waals surface area (Å²) < 4.78 is 33.0. The van der Waals surface area contributed by atoms with Gasteiger partial charge in [-0.1, -0.05) is 17.7 Å². The van der Waals surface area contributed by atoms with E-state index in [-0.39, 0.29) is 46.7 Å². The Hall–Kier alpha value is -3.40. The highest BCUT2D eigenvalue weighted by Crippen LogP contribution is 2.39. The molecule has 11 heteroatoms. The van der Waals surface area contributed by atoms with E-state index in [1.165, 1.54) is 17.7 Å². The minimum atomic E-state index is -0.949. The van der Waals surface area contributed by atoms with Gasteiger partial charge in [-0.3, -0.25) is 9.36 Å². The summed E-state index contributed by atoms with van der Waals surface area (Å²) in [5, 5.41) is 2.57. The van der Waals surface area contributed by atoms with Crippen LogP contribution >= 0.6 is 11.6 Å². The van der Waals surface area contributed by atoms with Gasteiger partial charge in [0.05, 0.1) is 17.7 Å². The van der Waals surface area contributed by atoms with Crippen LogP contribution in [0.1, 0.15) is 89.5 Å². The van der Waals surface area contributed by atoms with Gasteiger partial charge >= 0.3 is 18.0 Å². The van der Waals surface area contributed by atoms with Crippen molar-refractivity contribution in [2.75, 3.05) is 7.11 Å². The second-order valence-corrected chi connectivity index (χ2v) is 13.2. The van der Waals surface area contributed by atoms with Crippen molar-refractivity contribution < 1.29 is 33.0 Å². The number of carbonyl (C=O) groups is 3. The highest BCUT2D eigenvalue weighted by Gasteiger charge is 2.38. The number of hydrogen-bond acceptors (Lipinski definition) is 7. The molecule has 1 aliphatic heterocycles. The van der Waals surface area contributed by atoms with E-state index in [9.17, 15) is 19.2 Å². The van der Waals surface area contributed by atoms with Crippen molar-refractivity contribution in [3.63, 3.8) is 0 Å². The lowest BCUT2D eigenvalue weighted by molar-refractivity contribution is -0.158. The fourth-order valence-corrected chi connectivity index (χ4v) is 5.07. The molecule has 224 valence electrons. The molecule has 41 heavy (non-hydrogen) atoms. The number of nitrogens with zero attached hydrogens (tertiary/aromatic N) is 1. The van der Waals surface area contributed by atoms with Gasteiger partial charge in [0.25, 0.3) is 5.56 Å². The highest BCUT2D eigenvalue weighted by molar-refractivity contribution is 6.31. The lowest BCUT2D eigenvalue weighted by Crippen LogP contribution is -2.47. The number of methoxy groups -OCH3 is 1. The quantitative estimate of drug-likeness (QED) is 0.335. The number of carbonyl (C=O) groups excluding carboxylic acids is 3. The number of benzene rings is 1. The van der Waals surface area contributed by atoms with Gasteiger partial charge in [0.15, 0.2) is 0 Å². The molecule has 0 spiro atoms. The van der Waals surface area contributed by atoms with Gasteiger partial charge in [-0.05, 0) is 86.3 Å². The van der Waals surface area contributed by atoms with Crippen LogP contribution in [0.4, 0.5) is 9.18 Å². The van der Waals surface area contributed by atoms with Crippen LogP contribution in [-0.2, 0) is 31.8 Å². The predicted molar refractivity (Wildman–Crippen MR) is 153 cm³/mol. The monoisotopic (exact) mass is 592 g/mol. The smallest absolute Gasteiger partial charge is 0.408 e. The summed E-state index contributed by atoms with van der Waals surface area (Å²) in [7, 11) is 1.18. The Bertz CT molecular complexity index is 1430. The van der Waals surface area contributed by atoms with E-state index >= 15 is 4.39 Å². The van der Waals surface area contributed by atoms with Gasteiger partial charge in [0, 0.05) is 28.4 Å². The standard InChI is InChI=1S/C30H38ClFN2O7/c1-28(2,3)40-25(36)20-13-12-19-23(26(37)39-9)17(14-21(35)34(19)20)22-16(10-11-18(31)24(22)32)15-30(7,8)33-27(38)41-29(4,5)6/h10-11,14,20H,12-13,15H2,1-9H3,(H,33,38). The average molecular weight is 593 g/mol. The molecule has 0 radical (unpaired) electrons. The topological polar surface area (TPSA) is 113 Å². The zero-order valence-corrected chi connectivity index (χ0v) is 25.7. The van der Waals surface area contributed by atoms with Gasteiger partial charge < -0.3 is 19.5 Å². The third-order valence-electron chi connectivity index (χ3n) is 6.31. The summed E-state index contributed by atoms with van der Waals surface area (Å²) in [6, 6.07) is 3.12. The Morgan fingerprint density at radius 1 is 1.05 bits per heavy atom. The number of rotatable bonds is 6. The number of nitrogens with one attached hydrogen (secondary N) is 1. The molecule has 1 aromatic carbocycles. The molecule has 1 aliphatic rings. The molecule has 0 aliphatic carbocycles. The van der Waals surface area contributed by atoms with Crippen LogP contribution in [0.5, 0.6) is 0 Å². The summed E-state index contributed by atoms with van der Waals surface area (Å²) in [4.78, 5) is 52.1. The molecule has 0 saturated heterocycles. The molecular formula is C30H38ClFN2O7. The van der Waals surface area contributed by atoms with Crippen molar-refractivity contribution in [3.05, 3.63) is 56.2 Å². The molecule has 9 nitrogen and oxygen atoms in total. The Morgan fingerprint density at radius 3 is 2.22 bits per heavy atom. The van der Waals surface area contributed by atoms with E-state index < -0.39 is 52.2 Å².